The standard InChI is InChI=1S/C14H14ClF3O3.C11H10ClNO.C10H12O2/c1-21-11-9(3-2-4-10(11)15)12(5-6-12)7-13(20,8-19)14(16,17)18;1-14-10-8(3-2-4-9(10)12)11(7-13)5-6-11;11-8-4-5-9-7(6-8)2-1-3-10(9)12/h2-4,8,20H,5-7H2,1H3;2-4H,5-6H2,1H3;1-3,8,11-12H,4-6H2. The van der Waals surface area contributed by atoms with Gasteiger partial charge in [-0.2, -0.15) is 18.4 Å². The number of carbonyl (C=O) groups excluding carboxylic acids is 1. The summed E-state index contributed by atoms with van der Waals surface area (Å²) < 4.78 is 49.1. The van der Waals surface area contributed by atoms with E-state index in [1.807, 2.05) is 24.3 Å². The molecule has 0 aliphatic heterocycles. The Morgan fingerprint density at radius 1 is 0.957 bits per heavy atom. The van der Waals surface area contributed by atoms with E-state index < -0.39 is 29.9 Å². The molecule has 0 saturated heterocycles. The number of aliphatic hydroxyl groups excluding tert-OH is 1. The number of fused-ring (bicyclic) bond motifs is 1. The summed E-state index contributed by atoms with van der Waals surface area (Å²) in [6.07, 6.45) is -1.51. The van der Waals surface area contributed by atoms with Gasteiger partial charge >= 0.3 is 6.18 Å². The summed E-state index contributed by atoms with van der Waals surface area (Å²) in [5, 5.41) is 38.4. The number of aromatic hydroxyl groups is 1. The highest BCUT2D eigenvalue weighted by atomic mass is 35.5. The van der Waals surface area contributed by atoms with Gasteiger partial charge in [0.25, 0.3) is 0 Å². The molecule has 3 aromatic carbocycles. The summed E-state index contributed by atoms with van der Waals surface area (Å²) in [6, 6.07) is 18.2. The molecule has 47 heavy (non-hydrogen) atoms. The van der Waals surface area contributed by atoms with Gasteiger partial charge < -0.3 is 24.8 Å². The van der Waals surface area contributed by atoms with Gasteiger partial charge in [-0.3, -0.25) is 4.79 Å². The molecule has 7 nitrogen and oxygen atoms in total. The van der Waals surface area contributed by atoms with E-state index in [9.17, 15) is 33.3 Å². The summed E-state index contributed by atoms with van der Waals surface area (Å²) in [4.78, 5) is 10.8. The summed E-state index contributed by atoms with van der Waals surface area (Å²) in [5.41, 5.74) is -1.12. The number of methoxy groups -OCH3 is 2. The van der Waals surface area contributed by atoms with Crippen LogP contribution < -0.4 is 9.47 Å². The maximum absolute atomic E-state index is 12.9. The van der Waals surface area contributed by atoms with E-state index in [1.165, 1.54) is 7.11 Å². The van der Waals surface area contributed by atoms with E-state index in [1.54, 1.807) is 37.4 Å². The molecule has 3 aliphatic rings. The van der Waals surface area contributed by atoms with Crippen molar-refractivity contribution in [2.75, 3.05) is 14.2 Å². The van der Waals surface area contributed by atoms with Crippen LogP contribution in [0, 0.1) is 11.3 Å². The Kier molecular flexibility index (Phi) is 11.1. The average Bonchev–Trinajstić information content (AvgIpc) is 3.98. The van der Waals surface area contributed by atoms with Gasteiger partial charge in [0.1, 0.15) is 17.2 Å². The van der Waals surface area contributed by atoms with Gasteiger partial charge in [0.15, 0.2) is 6.29 Å². The number of halogens is 5. The lowest BCUT2D eigenvalue weighted by molar-refractivity contribution is -0.248. The van der Waals surface area contributed by atoms with Crippen LogP contribution in [0.5, 0.6) is 17.2 Å². The smallest absolute Gasteiger partial charge is 0.424 e. The molecule has 0 heterocycles. The number of carbonyl (C=O) groups is 1. The zero-order valence-corrected chi connectivity index (χ0v) is 27.4. The van der Waals surface area contributed by atoms with E-state index in [4.69, 9.17) is 37.9 Å². The third-order valence-corrected chi connectivity index (χ3v) is 9.57. The molecule has 252 valence electrons. The largest absolute Gasteiger partial charge is 0.508 e. The Bertz CT molecular complexity index is 1630. The number of hydrogen-bond acceptors (Lipinski definition) is 7. The molecule has 3 aromatic rings. The Hall–Kier alpha value is -3.49. The molecule has 0 amide bonds. The third-order valence-electron chi connectivity index (χ3n) is 8.97. The molecule has 3 aliphatic carbocycles. The van der Waals surface area contributed by atoms with E-state index in [0.717, 1.165) is 42.4 Å². The summed E-state index contributed by atoms with van der Waals surface area (Å²) in [7, 11) is 2.95. The number of ether oxygens (including phenoxy) is 2. The zero-order chi connectivity index (χ0) is 34.6. The predicted octanol–water partition coefficient (Wildman–Crippen LogP) is 7.41. The monoisotopic (exact) mass is 693 g/mol. The maximum Gasteiger partial charge on any atom is 0.424 e. The topological polar surface area (TPSA) is 120 Å². The minimum Gasteiger partial charge on any atom is -0.508 e. The molecule has 0 bridgehead atoms. The molecule has 6 rings (SSSR count). The number of para-hydroxylation sites is 2. The quantitative estimate of drug-likeness (QED) is 0.221. The molecule has 2 fully saturated rings. The SMILES string of the molecule is COc1c(Cl)cccc1C1(C#N)CC1.COc1c(Cl)cccc1C1(CC(O)(C=O)C(F)(F)F)CC1.Oc1cccc2c1CCC(O)C2. The number of nitrogens with zero attached hydrogens (tertiary/aromatic N) is 1. The van der Waals surface area contributed by atoms with Crippen molar-refractivity contribution in [3.8, 4) is 23.3 Å². The first kappa shape index (κ1) is 36.3. The van der Waals surface area contributed by atoms with E-state index >= 15 is 0 Å². The normalized spacial score (nSPS) is 19.5. The highest BCUT2D eigenvalue weighted by Gasteiger charge is 2.61. The second kappa shape index (κ2) is 14.3. The molecule has 2 saturated carbocycles. The lowest BCUT2D eigenvalue weighted by Gasteiger charge is -2.30. The van der Waals surface area contributed by atoms with Crippen LogP contribution in [0.15, 0.2) is 54.6 Å². The minimum atomic E-state index is -5.02. The molecule has 0 aromatic heterocycles. The fourth-order valence-corrected chi connectivity index (χ4v) is 6.48. The van der Waals surface area contributed by atoms with Crippen LogP contribution in [0.1, 0.15) is 60.8 Å². The highest BCUT2D eigenvalue weighted by Crippen LogP contribution is 2.58. The predicted molar refractivity (Wildman–Crippen MR) is 171 cm³/mol. The Labute approximate surface area is 281 Å². The van der Waals surface area contributed by atoms with E-state index in [0.29, 0.717) is 41.3 Å². The number of aliphatic hydroxyl groups is 2. The van der Waals surface area contributed by atoms with Crippen molar-refractivity contribution in [1.29, 1.82) is 5.26 Å². The molecule has 2 atom stereocenters. The van der Waals surface area contributed by atoms with Gasteiger partial charge in [-0.15, -0.1) is 0 Å². The number of phenols is 1. The molecule has 3 N–H and O–H groups in total. The van der Waals surface area contributed by atoms with Crippen LogP contribution in [-0.2, 0) is 28.5 Å². The Morgan fingerprint density at radius 2 is 1.51 bits per heavy atom. The summed E-state index contributed by atoms with van der Waals surface area (Å²) in [5.74, 6) is 1.31. The molecule has 0 spiro atoms. The Morgan fingerprint density at radius 3 is 2.00 bits per heavy atom. The van der Waals surface area contributed by atoms with Crippen molar-refractivity contribution in [3.05, 3.63) is 86.9 Å². The van der Waals surface area contributed by atoms with Crippen LogP contribution in [0.4, 0.5) is 13.2 Å². The van der Waals surface area contributed by atoms with Gasteiger partial charge in [0, 0.05) is 23.0 Å². The fraction of sp³-hybridized carbons (Fsp3) is 0.429. The number of phenolic OH excluding ortho intramolecular Hbond substituents is 1. The first-order valence-electron chi connectivity index (χ1n) is 15.0. The number of hydrogen-bond donors (Lipinski definition) is 3. The van der Waals surface area contributed by atoms with Crippen molar-refractivity contribution < 1.29 is 42.8 Å². The zero-order valence-electron chi connectivity index (χ0n) is 25.9. The van der Waals surface area contributed by atoms with Crippen LogP contribution in [0.25, 0.3) is 0 Å². The van der Waals surface area contributed by atoms with Crippen LogP contribution >= 0.6 is 23.2 Å². The van der Waals surface area contributed by atoms with Crippen molar-refractivity contribution in [1.82, 2.24) is 0 Å². The third kappa shape index (κ3) is 7.81. The fourth-order valence-electron chi connectivity index (χ4n) is 5.98. The van der Waals surface area contributed by atoms with Gasteiger partial charge in [-0.25, -0.2) is 0 Å². The number of nitriles is 1. The van der Waals surface area contributed by atoms with Gasteiger partial charge in [0.2, 0.25) is 5.60 Å². The van der Waals surface area contributed by atoms with Gasteiger partial charge in [0.05, 0.1) is 41.9 Å². The second-order valence-electron chi connectivity index (χ2n) is 12.1. The van der Waals surface area contributed by atoms with Crippen LogP contribution in [0.3, 0.4) is 0 Å². The van der Waals surface area contributed by atoms with Crippen molar-refractivity contribution >= 4 is 29.5 Å². The van der Waals surface area contributed by atoms with Crippen molar-refractivity contribution in [3.63, 3.8) is 0 Å². The molecule has 2 unspecified atom stereocenters. The maximum atomic E-state index is 12.9. The molecular formula is C35H36Cl2F3NO6. The average molecular weight is 695 g/mol. The van der Waals surface area contributed by atoms with E-state index in [-0.39, 0.29) is 22.3 Å². The van der Waals surface area contributed by atoms with Crippen LogP contribution in [0.2, 0.25) is 10.0 Å². The first-order chi connectivity index (χ1) is 22.2. The highest BCUT2D eigenvalue weighted by molar-refractivity contribution is 6.32. The van der Waals surface area contributed by atoms with Crippen LogP contribution in [-0.4, -0.2) is 53.7 Å². The minimum absolute atomic E-state index is 0.223. The number of alkyl halides is 3. The summed E-state index contributed by atoms with van der Waals surface area (Å²) in [6.45, 7) is 0. The number of rotatable bonds is 7. The molecule has 12 heteroatoms. The lowest BCUT2D eigenvalue weighted by Crippen LogP contribution is -2.49. The van der Waals surface area contributed by atoms with Crippen molar-refractivity contribution in [2.24, 2.45) is 0 Å². The van der Waals surface area contributed by atoms with Gasteiger partial charge in [-0.1, -0.05) is 59.6 Å². The summed E-state index contributed by atoms with van der Waals surface area (Å²) >= 11 is 12.0. The van der Waals surface area contributed by atoms with E-state index in [2.05, 4.69) is 6.07 Å². The molecular weight excluding hydrogens is 658 g/mol. The molecule has 0 radical (unpaired) electrons. The van der Waals surface area contributed by atoms with Crippen molar-refractivity contribution in [2.45, 2.75) is 80.1 Å². The lowest BCUT2D eigenvalue weighted by atomic mass is 9.83. The Balaban J connectivity index is 0.000000167. The first-order valence-corrected chi connectivity index (χ1v) is 15.8. The second-order valence-corrected chi connectivity index (χ2v) is 13.0. The van der Waals surface area contributed by atoms with Gasteiger partial charge in [-0.05, 0) is 74.3 Å². The number of aldehydes is 1. The number of benzene rings is 3.